The van der Waals surface area contributed by atoms with Crippen LogP contribution in [0.15, 0.2) is 18.2 Å². The Hall–Kier alpha value is -0.890. The number of benzene rings is 1. The van der Waals surface area contributed by atoms with Crippen molar-refractivity contribution in [3.8, 4) is 0 Å². The average Bonchev–Trinajstić information content (AvgIpc) is 2.04. The van der Waals surface area contributed by atoms with Crippen LogP contribution < -0.4 is 5.73 Å². The first-order valence-electron chi connectivity index (χ1n) is 4.29. The maximum atomic E-state index is 13.2. The summed E-state index contributed by atoms with van der Waals surface area (Å²) >= 11 is 0. The Morgan fingerprint density at radius 2 is 2.25 bits per heavy atom. The highest BCUT2D eigenvalue weighted by molar-refractivity contribution is 5.31. The van der Waals surface area contributed by atoms with Gasteiger partial charge in [-0.3, -0.25) is 0 Å². The van der Waals surface area contributed by atoms with Crippen LogP contribution in [0, 0.1) is 5.82 Å². The van der Waals surface area contributed by atoms with E-state index in [1.165, 1.54) is 6.07 Å². The topological polar surface area (TPSA) is 26.0 Å². The molecule has 1 aromatic carbocycles. The normalized spacial score (nSPS) is 22.0. The summed E-state index contributed by atoms with van der Waals surface area (Å²) in [4.78, 5) is 0. The first-order chi connectivity index (χ1) is 5.77. The molecule has 64 valence electrons. The van der Waals surface area contributed by atoms with Crippen molar-refractivity contribution in [2.75, 3.05) is 0 Å². The van der Waals surface area contributed by atoms with Gasteiger partial charge in [-0.15, -0.1) is 0 Å². The van der Waals surface area contributed by atoms with Gasteiger partial charge in [0.2, 0.25) is 0 Å². The molecule has 1 aliphatic carbocycles. The van der Waals surface area contributed by atoms with E-state index in [9.17, 15) is 4.39 Å². The van der Waals surface area contributed by atoms with Crippen LogP contribution >= 0.6 is 0 Å². The van der Waals surface area contributed by atoms with Crippen molar-refractivity contribution < 1.29 is 4.39 Å². The molecule has 0 saturated carbocycles. The van der Waals surface area contributed by atoms with E-state index in [-0.39, 0.29) is 11.9 Å². The summed E-state index contributed by atoms with van der Waals surface area (Å²) in [7, 11) is 0. The van der Waals surface area contributed by atoms with Crippen LogP contribution in [0.1, 0.15) is 17.5 Å². The van der Waals surface area contributed by atoms with E-state index in [0.717, 1.165) is 30.4 Å². The van der Waals surface area contributed by atoms with Gasteiger partial charge in [-0.1, -0.05) is 12.1 Å². The highest BCUT2D eigenvalue weighted by Crippen LogP contribution is 2.22. The van der Waals surface area contributed by atoms with Gasteiger partial charge in [0, 0.05) is 6.04 Å². The quantitative estimate of drug-likeness (QED) is 0.621. The number of hydrogen-bond donors (Lipinski definition) is 1. The van der Waals surface area contributed by atoms with Crippen molar-refractivity contribution in [1.29, 1.82) is 0 Å². The molecule has 1 unspecified atom stereocenters. The van der Waals surface area contributed by atoms with Crippen molar-refractivity contribution >= 4 is 0 Å². The minimum atomic E-state index is -0.0700. The molecule has 0 amide bonds. The fourth-order valence-electron chi connectivity index (χ4n) is 1.79. The van der Waals surface area contributed by atoms with E-state index in [1.807, 2.05) is 6.07 Å². The van der Waals surface area contributed by atoms with E-state index in [1.54, 1.807) is 6.07 Å². The van der Waals surface area contributed by atoms with Crippen LogP contribution in [0.4, 0.5) is 4.39 Å². The third-order valence-electron chi connectivity index (χ3n) is 2.46. The zero-order valence-corrected chi connectivity index (χ0v) is 6.89. The standard InChI is InChI=1S/C10H12FN/c11-10-3-1-2-7-6-8(12)4-5-9(7)10/h1-3,8H,4-6,12H2. The Labute approximate surface area is 71.4 Å². The second-order valence-electron chi connectivity index (χ2n) is 3.38. The van der Waals surface area contributed by atoms with Crippen molar-refractivity contribution in [1.82, 2.24) is 0 Å². The molecule has 0 spiro atoms. The molecule has 0 radical (unpaired) electrons. The summed E-state index contributed by atoms with van der Waals surface area (Å²) in [5.74, 6) is -0.0700. The molecular formula is C10H12FN. The van der Waals surface area contributed by atoms with Crippen LogP contribution in [-0.4, -0.2) is 6.04 Å². The highest BCUT2D eigenvalue weighted by atomic mass is 19.1. The minimum absolute atomic E-state index is 0.0700. The zero-order chi connectivity index (χ0) is 8.55. The minimum Gasteiger partial charge on any atom is -0.327 e. The smallest absolute Gasteiger partial charge is 0.126 e. The molecule has 12 heavy (non-hydrogen) atoms. The van der Waals surface area contributed by atoms with Gasteiger partial charge in [0.1, 0.15) is 5.82 Å². The lowest BCUT2D eigenvalue weighted by Crippen LogP contribution is -2.28. The predicted octanol–water partition coefficient (Wildman–Crippen LogP) is 1.64. The largest absolute Gasteiger partial charge is 0.327 e. The van der Waals surface area contributed by atoms with Gasteiger partial charge >= 0.3 is 0 Å². The predicted molar refractivity (Wildman–Crippen MR) is 46.4 cm³/mol. The summed E-state index contributed by atoms with van der Waals surface area (Å²) in [6, 6.07) is 5.47. The molecule has 1 atom stereocenters. The molecule has 0 aromatic heterocycles. The van der Waals surface area contributed by atoms with Crippen LogP contribution in [0.2, 0.25) is 0 Å². The number of fused-ring (bicyclic) bond motifs is 1. The van der Waals surface area contributed by atoms with Gasteiger partial charge < -0.3 is 5.73 Å². The molecule has 1 nitrogen and oxygen atoms in total. The van der Waals surface area contributed by atoms with E-state index in [4.69, 9.17) is 5.73 Å². The molecule has 0 heterocycles. The van der Waals surface area contributed by atoms with Gasteiger partial charge in [-0.2, -0.15) is 0 Å². The van der Waals surface area contributed by atoms with Crippen LogP contribution in [0.25, 0.3) is 0 Å². The van der Waals surface area contributed by atoms with Crippen molar-refractivity contribution in [2.45, 2.75) is 25.3 Å². The van der Waals surface area contributed by atoms with Crippen molar-refractivity contribution in [3.05, 3.63) is 35.1 Å². The summed E-state index contributed by atoms with van der Waals surface area (Å²) in [5.41, 5.74) is 7.74. The molecular weight excluding hydrogens is 153 g/mol. The lowest BCUT2D eigenvalue weighted by atomic mass is 9.88. The van der Waals surface area contributed by atoms with E-state index in [2.05, 4.69) is 0 Å². The second kappa shape index (κ2) is 2.87. The van der Waals surface area contributed by atoms with Crippen molar-refractivity contribution in [2.24, 2.45) is 5.73 Å². The molecule has 1 aromatic rings. The molecule has 0 fully saturated rings. The monoisotopic (exact) mass is 165 g/mol. The number of rotatable bonds is 0. The Bertz CT molecular complexity index is 296. The summed E-state index contributed by atoms with van der Waals surface area (Å²) < 4.78 is 13.2. The van der Waals surface area contributed by atoms with Gasteiger partial charge in [0.05, 0.1) is 0 Å². The van der Waals surface area contributed by atoms with Gasteiger partial charge in [-0.25, -0.2) is 4.39 Å². The van der Waals surface area contributed by atoms with E-state index >= 15 is 0 Å². The maximum Gasteiger partial charge on any atom is 0.126 e. The first kappa shape index (κ1) is 7.74. The SMILES string of the molecule is NC1CCc2c(F)cccc2C1. The Kier molecular flexibility index (Phi) is 1.85. The van der Waals surface area contributed by atoms with Gasteiger partial charge in [-0.05, 0) is 36.5 Å². The zero-order valence-electron chi connectivity index (χ0n) is 6.89. The van der Waals surface area contributed by atoms with E-state index < -0.39 is 0 Å². The third-order valence-corrected chi connectivity index (χ3v) is 2.46. The molecule has 2 heteroatoms. The van der Waals surface area contributed by atoms with Gasteiger partial charge in [0.25, 0.3) is 0 Å². The highest BCUT2D eigenvalue weighted by Gasteiger charge is 2.17. The van der Waals surface area contributed by atoms with Crippen LogP contribution in [-0.2, 0) is 12.8 Å². The summed E-state index contributed by atoms with van der Waals surface area (Å²) in [6.07, 6.45) is 2.53. The Morgan fingerprint density at radius 3 is 3.08 bits per heavy atom. The first-order valence-corrected chi connectivity index (χ1v) is 4.29. The van der Waals surface area contributed by atoms with Gasteiger partial charge in [0.15, 0.2) is 0 Å². The number of nitrogens with two attached hydrogens (primary N) is 1. The maximum absolute atomic E-state index is 13.2. The summed E-state index contributed by atoms with van der Waals surface area (Å²) in [6.45, 7) is 0. The molecule has 0 saturated heterocycles. The molecule has 2 rings (SSSR count). The van der Waals surface area contributed by atoms with Crippen LogP contribution in [0.3, 0.4) is 0 Å². The third kappa shape index (κ3) is 1.23. The number of hydrogen-bond acceptors (Lipinski definition) is 1. The molecule has 1 aliphatic rings. The Balaban J connectivity index is 2.42. The lowest BCUT2D eigenvalue weighted by molar-refractivity contribution is 0.537. The van der Waals surface area contributed by atoms with E-state index in [0.29, 0.717) is 0 Å². The molecule has 0 aliphatic heterocycles. The Morgan fingerprint density at radius 1 is 1.42 bits per heavy atom. The second-order valence-corrected chi connectivity index (χ2v) is 3.38. The molecule has 0 bridgehead atoms. The fraction of sp³-hybridized carbons (Fsp3) is 0.400. The van der Waals surface area contributed by atoms with Crippen LogP contribution in [0.5, 0.6) is 0 Å². The number of halogens is 1. The molecule has 2 N–H and O–H groups in total. The lowest BCUT2D eigenvalue weighted by Gasteiger charge is -2.21. The fourth-order valence-corrected chi connectivity index (χ4v) is 1.79. The summed E-state index contributed by atoms with van der Waals surface area (Å²) in [5, 5.41) is 0. The van der Waals surface area contributed by atoms with Crippen molar-refractivity contribution in [3.63, 3.8) is 0 Å². The average molecular weight is 165 g/mol.